The second-order valence-corrected chi connectivity index (χ2v) is 5.38. The van der Waals surface area contributed by atoms with Gasteiger partial charge in [-0.05, 0) is 42.3 Å². The fourth-order valence-electron chi connectivity index (χ4n) is 2.50. The maximum atomic E-state index is 13.9. The molecule has 0 fully saturated rings. The Labute approximate surface area is 134 Å². The van der Waals surface area contributed by atoms with Gasteiger partial charge in [-0.3, -0.25) is 0 Å². The van der Waals surface area contributed by atoms with E-state index < -0.39 is 0 Å². The molecule has 1 atom stereocenters. The molecule has 0 saturated carbocycles. The number of halogens is 2. The second-order valence-electron chi connectivity index (χ2n) is 4.97. The summed E-state index contributed by atoms with van der Waals surface area (Å²) in [5.41, 5.74) is 7.36. The maximum Gasteiger partial charge on any atom is 0.179 e. The molecular weight excluding hydrogens is 305 g/mol. The van der Waals surface area contributed by atoms with Gasteiger partial charge in [0.1, 0.15) is 5.82 Å². The van der Waals surface area contributed by atoms with E-state index >= 15 is 0 Å². The van der Waals surface area contributed by atoms with E-state index in [0.29, 0.717) is 35.1 Å². The quantitative estimate of drug-likeness (QED) is 0.880. The third-order valence-corrected chi connectivity index (χ3v) is 3.89. The molecule has 3 nitrogen and oxygen atoms in total. The number of ether oxygens (including phenoxy) is 2. The van der Waals surface area contributed by atoms with Gasteiger partial charge in [0, 0.05) is 5.92 Å². The van der Waals surface area contributed by atoms with Gasteiger partial charge in [0.15, 0.2) is 11.5 Å². The van der Waals surface area contributed by atoms with Gasteiger partial charge in [0.2, 0.25) is 0 Å². The van der Waals surface area contributed by atoms with Crippen molar-refractivity contribution >= 4 is 11.6 Å². The standard InChI is InChI=1S/C17H19ClFNO2/c1-21-16-9-11(8-14(18)17(16)22-2)7-12(10-20)13-5-3-4-6-15(13)19/h3-6,8-9,12H,7,10,20H2,1-2H3. The Morgan fingerprint density at radius 2 is 1.91 bits per heavy atom. The predicted molar refractivity (Wildman–Crippen MR) is 86.5 cm³/mol. The van der Waals surface area contributed by atoms with Crippen LogP contribution in [0.2, 0.25) is 5.02 Å². The van der Waals surface area contributed by atoms with Gasteiger partial charge >= 0.3 is 0 Å². The molecule has 2 rings (SSSR count). The Morgan fingerprint density at radius 1 is 1.18 bits per heavy atom. The van der Waals surface area contributed by atoms with E-state index in [9.17, 15) is 4.39 Å². The molecular formula is C17H19ClFNO2. The molecule has 0 heterocycles. The van der Waals surface area contributed by atoms with Gasteiger partial charge in [-0.15, -0.1) is 0 Å². The van der Waals surface area contributed by atoms with E-state index in [1.807, 2.05) is 12.1 Å². The van der Waals surface area contributed by atoms with Gasteiger partial charge in [0.05, 0.1) is 19.2 Å². The van der Waals surface area contributed by atoms with Crippen molar-refractivity contribution in [2.24, 2.45) is 5.73 Å². The highest BCUT2D eigenvalue weighted by Gasteiger charge is 2.17. The van der Waals surface area contributed by atoms with Crippen molar-refractivity contribution < 1.29 is 13.9 Å². The van der Waals surface area contributed by atoms with Crippen LogP contribution in [0.25, 0.3) is 0 Å². The average Bonchev–Trinajstić information content (AvgIpc) is 2.52. The zero-order chi connectivity index (χ0) is 16.1. The van der Waals surface area contributed by atoms with Crippen molar-refractivity contribution in [3.8, 4) is 11.5 Å². The van der Waals surface area contributed by atoms with Crippen LogP contribution in [-0.2, 0) is 6.42 Å². The third kappa shape index (κ3) is 3.51. The molecule has 0 aromatic heterocycles. The molecule has 0 bridgehead atoms. The molecule has 0 aliphatic rings. The third-order valence-electron chi connectivity index (χ3n) is 3.61. The molecule has 0 aliphatic carbocycles. The van der Waals surface area contributed by atoms with E-state index in [4.69, 9.17) is 26.8 Å². The predicted octanol–water partition coefficient (Wildman–Crippen LogP) is 3.78. The number of benzene rings is 2. The van der Waals surface area contributed by atoms with Crippen LogP contribution in [0.4, 0.5) is 4.39 Å². The lowest BCUT2D eigenvalue weighted by atomic mass is 9.91. The first kappa shape index (κ1) is 16.6. The van der Waals surface area contributed by atoms with E-state index in [1.165, 1.54) is 13.2 Å². The largest absolute Gasteiger partial charge is 0.493 e. The Bertz CT molecular complexity index is 649. The molecule has 0 radical (unpaired) electrons. The fourth-order valence-corrected chi connectivity index (χ4v) is 2.81. The zero-order valence-corrected chi connectivity index (χ0v) is 13.4. The normalized spacial score (nSPS) is 12.0. The molecule has 118 valence electrons. The van der Waals surface area contributed by atoms with Crippen LogP contribution in [0.3, 0.4) is 0 Å². The lowest BCUT2D eigenvalue weighted by Gasteiger charge is -2.18. The van der Waals surface area contributed by atoms with Crippen molar-refractivity contribution in [1.82, 2.24) is 0 Å². The minimum atomic E-state index is -0.246. The summed E-state index contributed by atoms with van der Waals surface area (Å²) in [6.07, 6.45) is 0.567. The number of hydrogen-bond donors (Lipinski definition) is 1. The molecule has 0 aliphatic heterocycles. The minimum absolute atomic E-state index is 0.129. The van der Waals surface area contributed by atoms with Crippen LogP contribution in [0.5, 0.6) is 11.5 Å². The van der Waals surface area contributed by atoms with Crippen molar-refractivity contribution in [1.29, 1.82) is 0 Å². The van der Waals surface area contributed by atoms with Crippen molar-refractivity contribution in [3.63, 3.8) is 0 Å². The summed E-state index contributed by atoms with van der Waals surface area (Å²) in [7, 11) is 3.08. The monoisotopic (exact) mass is 323 g/mol. The van der Waals surface area contributed by atoms with Crippen LogP contribution >= 0.6 is 11.6 Å². The fraction of sp³-hybridized carbons (Fsp3) is 0.294. The number of rotatable bonds is 6. The van der Waals surface area contributed by atoms with Gasteiger partial charge in [0.25, 0.3) is 0 Å². The Hall–Kier alpha value is -1.78. The molecule has 2 N–H and O–H groups in total. The zero-order valence-electron chi connectivity index (χ0n) is 12.6. The summed E-state index contributed by atoms with van der Waals surface area (Å²) in [5.74, 6) is 0.664. The SMILES string of the molecule is COc1cc(CC(CN)c2ccccc2F)cc(Cl)c1OC. The summed E-state index contributed by atoms with van der Waals surface area (Å²) in [6.45, 7) is 0.340. The van der Waals surface area contributed by atoms with Crippen LogP contribution in [0, 0.1) is 5.82 Å². The number of methoxy groups -OCH3 is 2. The van der Waals surface area contributed by atoms with E-state index in [0.717, 1.165) is 5.56 Å². The first-order valence-corrected chi connectivity index (χ1v) is 7.33. The number of hydrogen-bond acceptors (Lipinski definition) is 3. The van der Waals surface area contributed by atoms with Crippen molar-refractivity contribution in [3.05, 3.63) is 58.4 Å². The first-order valence-electron chi connectivity index (χ1n) is 6.95. The van der Waals surface area contributed by atoms with E-state index in [-0.39, 0.29) is 11.7 Å². The van der Waals surface area contributed by atoms with E-state index in [2.05, 4.69) is 0 Å². The van der Waals surface area contributed by atoms with Gasteiger partial charge in [-0.2, -0.15) is 0 Å². The number of nitrogens with two attached hydrogens (primary N) is 1. The van der Waals surface area contributed by atoms with Crippen molar-refractivity contribution in [2.45, 2.75) is 12.3 Å². The molecule has 5 heteroatoms. The summed E-state index contributed by atoms with van der Waals surface area (Å²) in [4.78, 5) is 0. The average molecular weight is 324 g/mol. The molecule has 0 saturated heterocycles. The second kappa shape index (κ2) is 7.47. The highest BCUT2D eigenvalue weighted by atomic mass is 35.5. The van der Waals surface area contributed by atoms with E-state index in [1.54, 1.807) is 25.3 Å². The van der Waals surface area contributed by atoms with Crippen molar-refractivity contribution in [2.75, 3.05) is 20.8 Å². The van der Waals surface area contributed by atoms with Gasteiger partial charge in [-0.25, -0.2) is 4.39 Å². The molecule has 1 unspecified atom stereocenters. The van der Waals surface area contributed by atoms with Crippen LogP contribution < -0.4 is 15.2 Å². The summed E-state index contributed by atoms with van der Waals surface area (Å²) >= 11 is 6.21. The summed E-state index contributed by atoms with van der Waals surface area (Å²) < 4.78 is 24.4. The highest BCUT2D eigenvalue weighted by molar-refractivity contribution is 6.32. The highest BCUT2D eigenvalue weighted by Crippen LogP contribution is 2.37. The molecule has 2 aromatic rings. The summed E-state index contributed by atoms with van der Waals surface area (Å²) in [5, 5.41) is 0.459. The lowest BCUT2D eigenvalue weighted by molar-refractivity contribution is 0.354. The minimum Gasteiger partial charge on any atom is -0.493 e. The molecule has 0 spiro atoms. The maximum absolute atomic E-state index is 13.9. The summed E-state index contributed by atoms with van der Waals surface area (Å²) in [6, 6.07) is 10.3. The van der Waals surface area contributed by atoms with Gasteiger partial charge in [-0.1, -0.05) is 29.8 Å². The molecule has 0 amide bonds. The molecule has 2 aromatic carbocycles. The Balaban J connectivity index is 2.32. The topological polar surface area (TPSA) is 44.5 Å². The lowest BCUT2D eigenvalue weighted by Crippen LogP contribution is -2.16. The van der Waals surface area contributed by atoms with Gasteiger partial charge < -0.3 is 15.2 Å². The van der Waals surface area contributed by atoms with Crippen LogP contribution in [0.1, 0.15) is 17.0 Å². The smallest absolute Gasteiger partial charge is 0.179 e. The molecule has 22 heavy (non-hydrogen) atoms. The Morgan fingerprint density at radius 3 is 2.50 bits per heavy atom. The van der Waals surface area contributed by atoms with Crippen LogP contribution in [-0.4, -0.2) is 20.8 Å². The van der Waals surface area contributed by atoms with Crippen LogP contribution in [0.15, 0.2) is 36.4 Å². The Kier molecular flexibility index (Phi) is 5.63. The first-order chi connectivity index (χ1) is 10.6.